The Morgan fingerprint density at radius 2 is 1.67 bits per heavy atom. The van der Waals surface area contributed by atoms with Crippen LogP contribution in [0.15, 0.2) is 29.2 Å². The van der Waals surface area contributed by atoms with E-state index < -0.39 is 31.0 Å². The Bertz CT molecular complexity index is 854. The molecule has 1 aromatic carbocycles. The Hall–Kier alpha value is -1.12. The number of likely N-dealkylation sites (tertiary alicyclic amines) is 1. The molecule has 27 heavy (non-hydrogen) atoms. The maximum Gasteiger partial charge on any atom is 0.183 e. The molecule has 0 aromatic heterocycles. The van der Waals surface area contributed by atoms with Gasteiger partial charge in [-0.1, -0.05) is 13.8 Å². The minimum atomic E-state index is -3.75. The van der Waals surface area contributed by atoms with Crippen molar-refractivity contribution in [2.75, 3.05) is 31.2 Å². The molecular weight excluding hydrogens is 386 g/mol. The van der Waals surface area contributed by atoms with Crippen LogP contribution in [-0.4, -0.2) is 64.2 Å². The van der Waals surface area contributed by atoms with E-state index in [4.69, 9.17) is 4.74 Å². The SMILES string of the molecule is CCOc1ccc(S(=O)(=O)[C@H]2CS(=O)(=O)C[C@@H]2N2C[C@H](C)C[C@H](C)C2)cc1. The third kappa shape index (κ3) is 4.49. The van der Waals surface area contributed by atoms with E-state index in [9.17, 15) is 16.8 Å². The number of sulfone groups is 2. The zero-order valence-corrected chi connectivity index (χ0v) is 17.8. The summed E-state index contributed by atoms with van der Waals surface area (Å²) in [6, 6.07) is 5.81. The molecule has 8 heteroatoms. The number of rotatable bonds is 5. The summed E-state index contributed by atoms with van der Waals surface area (Å²) in [5.41, 5.74) is 0. The van der Waals surface area contributed by atoms with Gasteiger partial charge in [-0.3, -0.25) is 4.90 Å². The highest BCUT2D eigenvalue weighted by atomic mass is 32.2. The second-order valence-corrected chi connectivity index (χ2v) is 12.4. The molecule has 0 aliphatic carbocycles. The van der Waals surface area contributed by atoms with Crippen LogP contribution in [0, 0.1) is 11.8 Å². The third-order valence-corrected chi connectivity index (χ3v) is 9.63. The van der Waals surface area contributed by atoms with Gasteiger partial charge in [-0.2, -0.15) is 0 Å². The van der Waals surface area contributed by atoms with E-state index in [0.717, 1.165) is 19.5 Å². The van der Waals surface area contributed by atoms with Crippen LogP contribution in [-0.2, 0) is 19.7 Å². The molecule has 6 nitrogen and oxygen atoms in total. The van der Waals surface area contributed by atoms with Crippen LogP contribution in [0.4, 0.5) is 0 Å². The van der Waals surface area contributed by atoms with Crippen molar-refractivity contribution < 1.29 is 21.6 Å². The van der Waals surface area contributed by atoms with Gasteiger partial charge in [0, 0.05) is 19.1 Å². The van der Waals surface area contributed by atoms with E-state index in [1.165, 1.54) is 12.1 Å². The smallest absolute Gasteiger partial charge is 0.183 e. The Balaban J connectivity index is 1.91. The molecule has 3 rings (SSSR count). The van der Waals surface area contributed by atoms with Gasteiger partial charge in [-0.05, 0) is 49.4 Å². The van der Waals surface area contributed by atoms with Gasteiger partial charge in [0.25, 0.3) is 0 Å². The maximum absolute atomic E-state index is 13.3. The van der Waals surface area contributed by atoms with Gasteiger partial charge < -0.3 is 4.74 Å². The molecule has 0 N–H and O–H groups in total. The van der Waals surface area contributed by atoms with Gasteiger partial charge in [0.15, 0.2) is 19.7 Å². The van der Waals surface area contributed by atoms with Gasteiger partial charge in [0.2, 0.25) is 0 Å². The van der Waals surface area contributed by atoms with E-state index in [0.29, 0.717) is 24.2 Å². The predicted octanol–water partition coefficient (Wildman–Crippen LogP) is 2.00. The number of piperidine rings is 1. The highest BCUT2D eigenvalue weighted by Crippen LogP contribution is 2.33. The Kier molecular flexibility index (Phi) is 5.89. The van der Waals surface area contributed by atoms with Crippen molar-refractivity contribution in [2.45, 2.75) is 43.4 Å². The van der Waals surface area contributed by atoms with Crippen molar-refractivity contribution in [3.05, 3.63) is 24.3 Å². The lowest BCUT2D eigenvalue weighted by molar-refractivity contribution is 0.107. The Morgan fingerprint density at radius 3 is 2.22 bits per heavy atom. The molecule has 0 unspecified atom stereocenters. The maximum atomic E-state index is 13.3. The van der Waals surface area contributed by atoms with Crippen molar-refractivity contribution in [1.82, 2.24) is 4.90 Å². The fourth-order valence-corrected chi connectivity index (χ4v) is 9.31. The van der Waals surface area contributed by atoms with Gasteiger partial charge >= 0.3 is 0 Å². The molecule has 2 heterocycles. The summed E-state index contributed by atoms with van der Waals surface area (Å²) in [5.74, 6) is 1.10. The molecule has 2 fully saturated rings. The average Bonchev–Trinajstić information content (AvgIpc) is 2.91. The predicted molar refractivity (Wildman–Crippen MR) is 106 cm³/mol. The van der Waals surface area contributed by atoms with Crippen molar-refractivity contribution >= 4 is 19.7 Å². The van der Waals surface area contributed by atoms with Gasteiger partial charge in [0.1, 0.15) is 5.75 Å². The summed E-state index contributed by atoms with van der Waals surface area (Å²) >= 11 is 0. The second-order valence-electron chi connectivity index (χ2n) is 8.03. The number of ether oxygens (including phenoxy) is 1. The first-order valence-corrected chi connectivity index (χ1v) is 12.9. The summed E-state index contributed by atoms with van der Waals surface area (Å²) in [7, 11) is -7.13. The number of nitrogens with zero attached hydrogens (tertiary/aromatic N) is 1. The summed E-state index contributed by atoms with van der Waals surface area (Å²) in [6.07, 6.45) is 1.09. The summed E-state index contributed by atoms with van der Waals surface area (Å²) < 4.78 is 56.7. The Morgan fingerprint density at radius 1 is 1.07 bits per heavy atom. The van der Waals surface area contributed by atoms with E-state index in [1.807, 2.05) is 6.92 Å². The Labute approximate surface area is 162 Å². The van der Waals surface area contributed by atoms with E-state index >= 15 is 0 Å². The average molecular weight is 416 g/mol. The number of hydrogen-bond donors (Lipinski definition) is 0. The molecule has 0 spiro atoms. The highest BCUT2D eigenvalue weighted by molar-refractivity contribution is 7.96. The van der Waals surface area contributed by atoms with Gasteiger partial charge in [0.05, 0.1) is 28.3 Å². The second kappa shape index (κ2) is 7.72. The standard InChI is InChI=1S/C19H29NO5S2/c1-4-25-16-5-7-17(8-6-16)27(23,24)19-13-26(21,22)12-18(19)20-10-14(2)9-15(3)11-20/h5-8,14-15,18-19H,4,9-13H2,1-3H3/t14-,15+,18-,19-/m0/s1. The lowest BCUT2D eigenvalue weighted by atomic mass is 9.91. The lowest BCUT2D eigenvalue weighted by Crippen LogP contribution is -2.51. The van der Waals surface area contributed by atoms with Crippen LogP contribution < -0.4 is 4.74 Å². The minimum absolute atomic E-state index is 0.0760. The van der Waals surface area contributed by atoms with E-state index in [1.54, 1.807) is 12.1 Å². The summed E-state index contributed by atoms with van der Waals surface area (Å²) in [6.45, 7) is 8.14. The van der Waals surface area contributed by atoms with E-state index in [-0.39, 0.29) is 16.4 Å². The van der Waals surface area contributed by atoms with Crippen LogP contribution >= 0.6 is 0 Å². The molecule has 0 saturated carbocycles. The summed E-state index contributed by atoms with van der Waals surface area (Å²) in [4.78, 5) is 2.26. The molecule has 2 saturated heterocycles. The molecule has 0 bridgehead atoms. The van der Waals surface area contributed by atoms with Gasteiger partial charge in [-0.15, -0.1) is 0 Å². The zero-order chi connectivity index (χ0) is 19.8. The largest absolute Gasteiger partial charge is 0.494 e. The first-order valence-electron chi connectivity index (χ1n) is 9.53. The van der Waals surface area contributed by atoms with Crippen LogP contribution in [0.25, 0.3) is 0 Å². The minimum Gasteiger partial charge on any atom is -0.494 e. The lowest BCUT2D eigenvalue weighted by Gasteiger charge is -2.40. The number of benzene rings is 1. The fourth-order valence-electron chi connectivity index (χ4n) is 4.48. The van der Waals surface area contributed by atoms with Crippen LogP contribution in [0.5, 0.6) is 5.75 Å². The molecule has 2 aliphatic heterocycles. The normalized spacial score (nSPS) is 31.7. The van der Waals surface area contributed by atoms with E-state index in [2.05, 4.69) is 18.7 Å². The highest BCUT2D eigenvalue weighted by Gasteiger charge is 2.49. The fraction of sp³-hybridized carbons (Fsp3) is 0.684. The number of hydrogen-bond acceptors (Lipinski definition) is 6. The molecule has 0 amide bonds. The molecule has 4 atom stereocenters. The van der Waals surface area contributed by atoms with Crippen LogP contribution in [0.1, 0.15) is 27.2 Å². The first kappa shape index (κ1) is 20.6. The van der Waals surface area contributed by atoms with Crippen molar-refractivity contribution in [3.63, 3.8) is 0 Å². The summed E-state index contributed by atoms with van der Waals surface area (Å²) in [5, 5.41) is -0.919. The zero-order valence-electron chi connectivity index (χ0n) is 16.2. The van der Waals surface area contributed by atoms with Crippen LogP contribution in [0.3, 0.4) is 0 Å². The molecule has 1 aromatic rings. The quantitative estimate of drug-likeness (QED) is 0.732. The van der Waals surface area contributed by atoms with Crippen molar-refractivity contribution in [2.24, 2.45) is 11.8 Å². The topological polar surface area (TPSA) is 80.8 Å². The molecule has 152 valence electrons. The van der Waals surface area contributed by atoms with Gasteiger partial charge in [-0.25, -0.2) is 16.8 Å². The molecular formula is C19H29NO5S2. The molecule has 2 aliphatic rings. The van der Waals surface area contributed by atoms with Crippen LogP contribution in [0.2, 0.25) is 0 Å². The van der Waals surface area contributed by atoms with Crippen molar-refractivity contribution in [3.8, 4) is 5.75 Å². The monoisotopic (exact) mass is 415 g/mol. The third-order valence-electron chi connectivity index (χ3n) is 5.50. The van der Waals surface area contributed by atoms with Crippen molar-refractivity contribution in [1.29, 1.82) is 0 Å². The molecule has 0 radical (unpaired) electrons. The first-order chi connectivity index (χ1) is 12.6.